The molecule has 1 aliphatic heterocycles. The van der Waals surface area contributed by atoms with Crippen LogP contribution in [0.2, 0.25) is 0 Å². The molecule has 2 heterocycles. The second kappa shape index (κ2) is 3.11. The molecule has 4 heteroatoms. The van der Waals surface area contributed by atoms with E-state index in [-0.39, 0.29) is 5.91 Å². The highest BCUT2D eigenvalue weighted by molar-refractivity contribution is 5.99. The van der Waals surface area contributed by atoms with Gasteiger partial charge in [-0.1, -0.05) is 0 Å². The molecule has 0 spiro atoms. The van der Waals surface area contributed by atoms with Crippen LogP contribution in [0.15, 0.2) is 24.3 Å². The van der Waals surface area contributed by atoms with Crippen LogP contribution in [0.4, 0.5) is 0 Å². The lowest BCUT2D eigenvalue weighted by atomic mass is 10.2. The van der Waals surface area contributed by atoms with E-state index in [0.29, 0.717) is 17.8 Å². The van der Waals surface area contributed by atoms with Crippen LogP contribution in [0.5, 0.6) is 0 Å². The average molecular weight is 211 g/mol. The standard InChI is InChI=1S/C12H9N3O/c13-7-8-1-2-10-9(5-8)6-11-12(16)14-3-4-15(10)11/h1-2,5-6H,3-4H2,(H,14,16). The summed E-state index contributed by atoms with van der Waals surface area (Å²) >= 11 is 0. The second-order valence-corrected chi connectivity index (χ2v) is 3.82. The third kappa shape index (κ3) is 1.12. The predicted molar refractivity (Wildman–Crippen MR) is 59.0 cm³/mol. The minimum atomic E-state index is -0.0408. The van der Waals surface area contributed by atoms with E-state index in [4.69, 9.17) is 5.26 Å². The number of fused-ring (bicyclic) bond motifs is 3. The predicted octanol–water partition coefficient (Wildman–Crippen LogP) is 1.26. The molecule has 2 aromatic rings. The molecule has 78 valence electrons. The molecule has 0 atom stereocenters. The Morgan fingerprint density at radius 3 is 3.06 bits per heavy atom. The van der Waals surface area contributed by atoms with Gasteiger partial charge in [-0.25, -0.2) is 0 Å². The van der Waals surface area contributed by atoms with E-state index in [1.807, 2.05) is 22.8 Å². The first-order valence-electron chi connectivity index (χ1n) is 5.11. The first kappa shape index (κ1) is 8.98. The fourth-order valence-electron chi connectivity index (χ4n) is 2.14. The van der Waals surface area contributed by atoms with E-state index in [9.17, 15) is 4.79 Å². The monoisotopic (exact) mass is 211 g/mol. The first-order valence-corrected chi connectivity index (χ1v) is 5.11. The van der Waals surface area contributed by atoms with E-state index >= 15 is 0 Å². The van der Waals surface area contributed by atoms with E-state index in [1.165, 1.54) is 0 Å². The van der Waals surface area contributed by atoms with Crippen molar-refractivity contribution < 1.29 is 4.79 Å². The fourth-order valence-corrected chi connectivity index (χ4v) is 2.14. The number of benzene rings is 1. The lowest BCUT2D eigenvalue weighted by Crippen LogP contribution is -2.34. The Balaban J connectivity index is 2.32. The summed E-state index contributed by atoms with van der Waals surface area (Å²) in [6, 6.07) is 9.43. The Bertz CT molecular complexity index is 633. The van der Waals surface area contributed by atoms with Gasteiger partial charge in [0.05, 0.1) is 11.6 Å². The summed E-state index contributed by atoms with van der Waals surface area (Å²) < 4.78 is 2.00. The smallest absolute Gasteiger partial charge is 0.268 e. The molecule has 0 fully saturated rings. The van der Waals surface area contributed by atoms with E-state index in [1.54, 1.807) is 6.07 Å². The van der Waals surface area contributed by atoms with Gasteiger partial charge in [0.2, 0.25) is 0 Å². The zero-order chi connectivity index (χ0) is 11.1. The summed E-state index contributed by atoms with van der Waals surface area (Å²) in [6.07, 6.45) is 0. The molecule has 1 amide bonds. The van der Waals surface area contributed by atoms with E-state index in [2.05, 4.69) is 11.4 Å². The Hall–Kier alpha value is -2.28. The summed E-state index contributed by atoms with van der Waals surface area (Å²) in [5, 5.41) is 12.6. The second-order valence-electron chi connectivity index (χ2n) is 3.82. The largest absolute Gasteiger partial charge is 0.349 e. The van der Waals surface area contributed by atoms with Crippen molar-refractivity contribution in [3.05, 3.63) is 35.5 Å². The summed E-state index contributed by atoms with van der Waals surface area (Å²) in [4.78, 5) is 11.6. The highest BCUT2D eigenvalue weighted by atomic mass is 16.2. The summed E-state index contributed by atoms with van der Waals surface area (Å²) in [5.41, 5.74) is 2.32. The number of carbonyl (C=O) groups is 1. The van der Waals surface area contributed by atoms with Crippen LogP contribution in [0, 0.1) is 11.3 Å². The van der Waals surface area contributed by atoms with Crippen molar-refractivity contribution in [2.45, 2.75) is 6.54 Å². The van der Waals surface area contributed by atoms with Crippen molar-refractivity contribution in [3.63, 3.8) is 0 Å². The molecule has 1 N–H and O–H groups in total. The number of amides is 1. The van der Waals surface area contributed by atoms with Gasteiger partial charge in [0.25, 0.3) is 5.91 Å². The molecular weight excluding hydrogens is 202 g/mol. The zero-order valence-corrected chi connectivity index (χ0v) is 8.53. The maximum atomic E-state index is 11.6. The summed E-state index contributed by atoms with van der Waals surface area (Å²) in [5.74, 6) is -0.0408. The zero-order valence-electron chi connectivity index (χ0n) is 8.53. The maximum Gasteiger partial charge on any atom is 0.268 e. The van der Waals surface area contributed by atoms with Crippen LogP contribution in [0.1, 0.15) is 16.1 Å². The summed E-state index contributed by atoms with van der Waals surface area (Å²) in [6.45, 7) is 1.45. The molecule has 0 saturated heterocycles. The highest BCUT2D eigenvalue weighted by Gasteiger charge is 2.19. The third-order valence-electron chi connectivity index (χ3n) is 2.88. The minimum Gasteiger partial charge on any atom is -0.349 e. The molecule has 1 aliphatic rings. The SMILES string of the molecule is N#Cc1ccc2c(c1)cc1n2CCNC1=O. The van der Waals surface area contributed by atoms with Crippen LogP contribution in [-0.2, 0) is 6.54 Å². The van der Waals surface area contributed by atoms with Crippen molar-refractivity contribution in [1.82, 2.24) is 9.88 Å². The van der Waals surface area contributed by atoms with Gasteiger partial charge in [-0.2, -0.15) is 5.26 Å². The molecule has 3 rings (SSSR count). The van der Waals surface area contributed by atoms with Gasteiger partial charge in [-0.3, -0.25) is 4.79 Å². The number of nitrogens with one attached hydrogen (secondary N) is 1. The topological polar surface area (TPSA) is 57.8 Å². The normalized spacial score (nSPS) is 14.3. The molecule has 0 aliphatic carbocycles. The molecular formula is C12H9N3O. The van der Waals surface area contributed by atoms with Gasteiger partial charge in [-0.05, 0) is 24.3 Å². The third-order valence-corrected chi connectivity index (χ3v) is 2.88. The molecule has 0 radical (unpaired) electrons. The molecule has 0 unspecified atom stereocenters. The number of hydrogen-bond acceptors (Lipinski definition) is 2. The van der Waals surface area contributed by atoms with Gasteiger partial charge in [-0.15, -0.1) is 0 Å². The first-order chi connectivity index (χ1) is 7.79. The quantitative estimate of drug-likeness (QED) is 0.713. The van der Waals surface area contributed by atoms with Crippen molar-refractivity contribution >= 4 is 16.8 Å². The molecule has 0 saturated carbocycles. The Morgan fingerprint density at radius 1 is 1.38 bits per heavy atom. The van der Waals surface area contributed by atoms with Gasteiger partial charge >= 0.3 is 0 Å². The molecule has 0 bridgehead atoms. The lowest BCUT2D eigenvalue weighted by Gasteiger charge is -2.16. The molecule has 1 aromatic heterocycles. The van der Waals surface area contributed by atoms with Crippen LogP contribution in [0.25, 0.3) is 10.9 Å². The molecule has 4 nitrogen and oxygen atoms in total. The Labute approximate surface area is 92.1 Å². The van der Waals surface area contributed by atoms with Gasteiger partial charge in [0, 0.05) is 24.0 Å². The van der Waals surface area contributed by atoms with Crippen LogP contribution >= 0.6 is 0 Å². The van der Waals surface area contributed by atoms with Gasteiger partial charge in [0.15, 0.2) is 0 Å². The Morgan fingerprint density at radius 2 is 2.25 bits per heavy atom. The number of hydrogen-bond donors (Lipinski definition) is 1. The fraction of sp³-hybridized carbons (Fsp3) is 0.167. The number of nitrogens with zero attached hydrogens (tertiary/aromatic N) is 2. The van der Waals surface area contributed by atoms with Crippen molar-refractivity contribution in [2.24, 2.45) is 0 Å². The van der Waals surface area contributed by atoms with Gasteiger partial charge in [0.1, 0.15) is 5.69 Å². The molecule has 1 aromatic carbocycles. The number of carbonyl (C=O) groups excluding carboxylic acids is 1. The van der Waals surface area contributed by atoms with Crippen LogP contribution < -0.4 is 5.32 Å². The Kier molecular flexibility index (Phi) is 1.74. The average Bonchev–Trinajstić information content (AvgIpc) is 2.68. The summed E-state index contributed by atoms with van der Waals surface area (Å²) in [7, 11) is 0. The highest BCUT2D eigenvalue weighted by Crippen LogP contribution is 2.22. The number of nitriles is 1. The van der Waals surface area contributed by atoms with Crippen molar-refractivity contribution in [2.75, 3.05) is 6.54 Å². The van der Waals surface area contributed by atoms with Crippen LogP contribution in [-0.4, -0.2) is 17.0 Å². The van der Waals surface area contributed by atoms with Crippen molar-refractivity contribution in [3.8, 4) is 6.07 Å². The number of rotatable bonds is 0. The number of aromatic nitrogens is 1. The van der Waals surface area contributed by atoms with E-state index in [0.717, 1.165) is 17.4 Å². The van der Waals surface area contributed by atoms with Gasteiger partial charge < -0.3 is 9.88 Å². The molecule has 16 heavy (non-hydrogen) atoms. The van der Waals surface area contributed by atoms with E-state index < -0.39 is 0 Å². The lowest BCUT2D eigenvalue weighted by molar-refractivity contribution is 0.0929. The minimum absolute atomic E-state index is 0.0408. The van der Waals surface area contributed by atoms with Crippen molar-refractivity contribution in [1.29, 1.82) is 5.26 Å². The van der Waals surface area contributed by atoms with Crippen LogP contribution in [0.3, 0.4) is 0 Å². The maximum absolute atomic E-state index is 11.6.